The van der Waals surface area contributed by atoms with Crippen LogP contribution >= 0.6 is 0 Å². The number of phenolic OH excluding ortho intramolecular Hbond substituents is 1. The average Bonchev–Trinajstić information content (AvgIpc) is 3.02. The van der Waals surface area contributed by atoms with E-state index in [-0.39, 0.29) is 11.3 Å². The topological polar surface area (TPSA) is 49.3 Å². The molecule has 3 nitrogen and oxygen atoms in total. The van der Waals surface area contributed by atoms with Gasteiger partial charge in [0.2, 0.25) is 0 Å². The molecule has 0 atom stereocenters. The first-order valence-corrected chi connectivity index (χ1v) is 4.93. The Morgan fingerprint density at radius 1 is 1.53 bits per heavy atom. The van der Waals surface area contributed by atoms with Crippen LogP contribution < -0.4 is 5.32 Å². The van der Waals surface area contributed by atoms with Crippen molar-refractivity contribution in [2.75, 3.05) is 6.54 Å². The Kier molecular flexibility index (Phi) is 2.58. The van der Waals surface area contributed by atoms with Gasteiger partial charge in [-0.3, -0.25) is 4.79 Å². The number of nitrogens with one attached hydrogen (secondary N) is 1. The second-order valence-electron chi connectivity index (χ2n) is 3.81. The van der Waals surface area contributed by atoms with Crippen molar-refractivity contribution >= 4 is 5.91 Å². The van der Waals surface area contributed by atoms with Crippen LogP contribution in [0.15, 0.2) is 18.2 Å². The quantitative estimate of drug-likeness (QED) is 0.795. The monoisotopic (exact) mass is 209 g/mol. The minimum absolute atomic E-state index is 0.00403. The molecule has 1 aromatic rings. The molecule has 15 heavy (non-hydrogen) atoms. The summed E-state index contributed by atoms with van der Waals surface area (Å²) in [7, 11) is 0. The standard InChI is InChI=1S/C11H12FNO2/c12-8-3-4-10(14)9(5-8)11(15)13-6-7-1-2-7/h3-5,7,14H,1-2,6H2,(H,13,15). The molecule has 4 heteroatoms. The highest BCUT2D eigenvalue weighted by Gasteiger charge is 2.22. The van der Waals surface area contributed by atoms with Gasteiger partial charge in [-0.05, 0) is 37.0 Å². The highest BCUT2D eigenvalue weighted by Crippen LogP contribution is 2.27. The van der Waals surface area contributed by atoms with Gasteiger partial charge in [0.25, 0.3) is 5.91 Å². The lowest BCUT2D eigenvalue weighted by Crippen LogP contribution is -2.25. The fourth-order valence-corrected chi connectivity index (χ4v) is 1.34. The summed E-state index contributed by atoms with van der Waals surface area (Å²) in [5, 5.41) is 12.0. The summed E-state index contributed by atoms with van der Waals surface area (Å²) in [5.74, 6) is -0.572. The molecule has 2 rings (SSSR count). The van der Waals surface area contributed by atoms with E-state index in [9.17, 15) is 14.3 Å². The molecule has 0 bridgehead atoms. The van der Waals surface area contributed by atoms with E-state index >= 15 is 0 Å². The molecule has 1 aromatic carbocycles. The van der Waals surface area contributed by atoms with E-state index in [0.717, 1.165) is 25.0 Å². The maximum atomic E-state index is 12.8. The van der Waals surface area contributed by atoms with Gasteiger partial charge in [-0.2, -0.15) is 0 Å². The number of carbonyl (C=O) groups excluding carboxylic acids is 1. The Hall–Kier alpha value is -1.58. The largest absolute Gasteiger partial charge is 0.507 e. The third-order valence-corrected chi connectivity index (χ3v) is 2.45. The molecule has 0 radical (unpaired) electrons. The number of aromatic hydroxyl groups is 1. The van der Waals surface area contributed by atoms with E-state index in [1.54, 1.807) is 0 Å². The van der Waals surface area contributed by atoms with Gasteiger partial charge < -0.3 is 10.4 Å². The molecule has 0 unspecified atom stereocenters. The second kappa shape index (κ2) is 3.88. The number of phenols is 1. The summed E-state index contributed by atoms with van der Waals surface area (Å²) >= 11 is 0. The molecule has 2 N–H and O–H groups in total. The van der Waals surface area contributed by atoms with E-state index in [4.69, 9.17) is 0 Å². The maximum Gasteiger partial charge on any atom is 0.255 e. The number of halogens is 1. The zero-order chi connectivity index (χ0) is 10.8. The van der Waals surface area contributed by atoms with Crippen LogP contribution in [0, 0.1) is 11.7 Å². The molecule has 80 valence electrons. The number of benzene rings is 1. The van der Waals surface area contributed by atoms with Gasteiger partial charge in [0, 0.05) is 6.54 Å². The predicted octanol–water partition coefficient (Wildman–Crippen LogP) is 1.67. The summed E-state index contributed by atoms with van der Waals surface area (Å²) in [6.07, 6.45) is 2.27. The van der Waals surface area contributed by atoms with Crippen LogP contribution in [0.2, 0.25) is 0 Å². The van der Waals surface area contributed by atoms with Crippen LogP contribution in [0.1, 0.15) is 23.2 Å². The van der Waals surface area contributed by atoms with E-state index in [0.29, 0.717) is 12.5 Å². The van der Waals surface area contributed by atoms with Crippen molar-refractivity contribution in [1.29, 1.82) is 0 Å². The predicted molar refractivity (Wildman–Crippen MR) is 53.1 cm³/mol. The first kappa shape index (κ1) is 9.96. The molecule has 0 aromatic heterocycles. The van der Waals surface area contributed by atoms with Gasteiger partial charge in [0.15, 0.2) is 0 Å². The molecule has 0 aliphatic heterocycles. The molecule has 0 spiro atoms. The fourth-order valence-electron chi connectivity index (χ4n) is 1.34. The van der Waals surface area contributed by atoms with Crippen LogP contribution in [0.3, 0.4) is 0 Å². The molecular formula is C11H12FNO2. The van der Waals surface area contributed by atoms with Gasteiger partial charge in [-0.25, -0.2) is 4.39 Å². The average molecular weight is 209 g/mol. The van der Waals surface area contributed by atoms with Crippen molar-refractivity contribution < 1.29 is 14.3 Å². The number of hydrogen-bond acceptors (Lipinski definition) is 2. The van der Waals surface area contributed by atoms with Crippen LogP contribution in [0.25, 0.3) is 0 Å². The highest BCUT2D eigenvalue weighted by atomic mass is 19.1. The molecule has 1 fully saturated rings. The van der Waals surface area contributed by atoms with E-state index in [1.165, 1.54) is 6.07 Å². The maximum absolute atomic E-state index is 12.8. The van der Waals surface area contributed by atoms with Gasteiger partial charge in [-0.15, -0.1) is 0 Å². The number of rotatable bonds is 3. The number of amides is 1. The van der Waals surface area contributed by atoms with Crippen molar-refractivity contribution in [3.8, 4) is 5.75 Å². The molecule has 0 heterocycles. The summed E-state index contributed by atoms with van der Waals surface area (Å²) < 4.78 is 12.8. The van der Waals surface area contributed by atoms with E-state index in [1.807, 2.05) is 0 Å². The first-order valence-electron chi connectivity index (χ1n) is 4.93. The van der Waals surface area contributed by atoms with Crippen molar-refractivity contribution in [2.24, 2.45) is 5.92 Å². The lowest BCUT2D eigenvalue weighted by Gasteiger charge is -2.05. The summed E-state index contributed by atoms with van der Waals surface area (Å²) in [6.45, 7) is 0.606. The van der Waals surface area contributed by atoms with Crippen molar-refractivity contribution in [1.82, 2.24) is 5.32 Å². The summed E-state index contributed by atoms with van der Waals surface area (Å²) in [6, 6.07) is 3.34. The van der Waals surface area contributed by atoms with Gasteiger partial charge in [-0.1, -0.05) is 0 Å². The third kappa shape index (κ3) is 2.46. The van der Waals surface area contributed by atoms with Crippen molar-refractivity contribution in [3.05, 3.63) is 29.6 Å². The van der Waals surface area contributed by atoms with Gasteiger partial charge in [0.1, 0.15) is 11.6 Å². The third-order valence-electron chi connectivity index (χ3n) is 2.45. The smallest absolute Gasteiger partial charge is 0.255 e. The summed E-state index contributed by atoms with van der Waals surface area (Å²) in [5.41, 5.74) is -0.00403. The minimum atomic E-state index is -0.524. The lowest BCUT2D eigenvalue weighted by molar-refractivity contribution is 0.0948. The SMILES string of the molecule is O=C(NCC1CC1)c1cc(F)ccc1O. The van der Waals surface area contributed by atoms with Crippen molar-refractivity contribution in [3.63, 3.8) is 0 Å². The molecule has 1 amide bonds. The normalized spacial score (nSPS) is 15.0. The Balaban J connectivity index is 2.05. The van der Waals surface area contributed by atoms with E-state index in [2.05, 4.69) is 5.32 Å². The fraction of sp³-hybridized carbons (Fsp3) is 0.364. The zero-order valence-electron chi connectivity index (χ0n) is 8.16. The Bertz CT molecular complexity index is 388. The molecule has 1 saturated carbocycles. The first-order chi connectivity index (χ1) is 7.16. The van der Waals surface area contributed by atoms with Crippen LogP contribution in [-0.4, -0.2) is 17.6 Å². The Morgan fingerprint density at radius 3 is 2.93 bits per heavy atom. The molecule has 1 aliphatic rings. The number of hydrogen-bond donors (Lipinski definition) is 2. The Labute approximate surface area is 86.9 Å². The van der Waals surface area contributed by atoms with Crippen LogP contribution in [0.4, 0.5) is 4.39 Å². The molecule has 0 saturated heterocycles. The number of carbonyl (C=O) groups is 1. The molecule has 1 aliphatic carbocycles. The second-order valence-corrected chi connectivity index (χ2v) is 3.81. The van der Waals surface area contributed by atoms with Gasteiger partial charge in [0.05, 0.1) is 5.56 Å². The summed E-state index contributed by atoms with van der Waals surface area (Å²) in [4.78, 5) is 11.5. The van der Waals surface area contributed by atoms with Crippen molar-refractivity contribution in [2.45, 2.75) is 12.8 Å². The van der Waals surface area contributed by atoms with Gasteiger partial charge >= 0.3 is 0 Å². The highest BCUT2D eigenvalue weighted by molar-refractivity contribution is 5.96. The lowest BCUT2D eigenvalue weighted by atomic mass is 10.2. The zero-order valence-corrected chi connectivity index (χ0v) is 8.16. The Morgan fingerprint density at radius 2 is 2.27 bits per heavy atom. The molecular weight excluding hydrogens is 197 g/mol. The van der Waals surface area contributed by atoms with Crippen LogP contribution in [-0.2, 0) is 0 Å². The minimum Gasteiger partial charge on any atom is -0.507 e. The van der Waals surface area contributed by atoms with Crippen LogP contribution in [0.5, 0.6) is 5.75 Å². The van der Waals surface area contributed by atoms with E-state index < -0.39 is 11.7 Å².